The number of nitrogens with one attached hydrogen (secondary N) is 1. The van der Waals surface area contributed by atoms with Gasteiger partial charge in [0.15, 0.2) is 0 Å². The fraction of sp³-hybridized carbons (Fsp3) is 0.0526. The number of rotatable bonds is 5. The zero-order valence-electron chi connectivity index (χ0n) is 13.7. The second kappa shape index (κ2) is 6.64. The third-order valence-corrected chi connectivity index (χ3v) is 4.07. The van der Waals surface area contributed by atoms with Gasteiger partial charge in [0.05, 0.1) is 33.9 Å². The molecule has 0 aliphatic rings. The van der Waals surface area contributed by atoms with E-state index in [-0.39, 0.29) is 5.69 Å². The number of aromatic nitrogens is 3. The van der Waals surface area contributed by atoms with Crippen molar-refractivity contribution in [2.45, 2.75) is 6.54 Å². The van der Waals surface area contributed by atoms with E-state index in [1.165, 1.54) is 6.07 Å². The summed E-state index contributed by atoms with van der Waals surface area (Å²) in [5, 5.41) is 19.5. The zero-order chi connectivity index (χ0) is 17.9. The monoisotopic (exact) mass is 345 g/mol. The van der Waals surface area contributed by atoms with E-state index in [4.69, 9.17) is 0 Å². The van der Waals surface area contributed by atoms with Crippen molar-refractivity contribution in [2.75, 3.05) is 5.32 Å². The Labute approximate surface area is 149 Å². The van der Waals surface area contributed by atoms with E-state index >= 15 is 0 Å². The lowest BCUT2D eigenvalue weighted by Crippen LogP contribution is -2.03. The summed E-state index contributed by atoms with van der Waals surface area (Å²) in [6.45, 7) is 0.489. The third kappa shape index (κ3) is 2.98. The molecule has 1 N–H and O–H groups in total. The smallest absolute Gasteiger partial charge is 0.278 e. The summed E-state index contributed by atoms with van der Waals surface area (Å²) < 4.78 is 1.81. The molecule has 0 unspecified atom stereocenters. The van der Waals surface area contributed by atoms with Gasteiger partial charge in [-0.15, -0.1) is 0 Å². The van der Waals surface area contributed by atoms with Crippen molar-refractivity contribution in [3.8, 4) is 5.69 Å². The van der Waals surface area contributed by atoms with Crippen molar-refractivity contribution in [2.24, 2.45) is 0 Å². The Bertz CT molecular complexity index is 1080. The second-order valence-corrected chi connectivity index (χ2v) is 5.73. The molecule has 7 nitrogen and oxygen atoms in total. The van der Waals surface area contributed by atoms with Crippen LogP contribution in [0, 0.1) is 10.1 Å². The van der Waals surface area contributed by atoms with Gasteiger partial charge in [0, 0.05) is 18.5 Å². The molecule has 2 aromatic heterocycles. The molecule has 0 fully saturated rings. The molecule has 0 radical (unpaired) electrons. The summed E-state index contributed by atoms with van der Waals surface area (Å²) in [4.78, 5) is 15.1. The molecule has 2 heterocycles. The average molecular weight is 345 g/mol. The molecule has 0 amide bonds. The van der Waals surface area contributed by atoms with E-state index in [0.717, 1.165) is 17.1 Å². The van der Waals surface area contributed by atoms with Crippen molar-refractivity contribution in [1.82, 2.24) is 14.8 Å². The summed E-state index contributed by atoms with van der Waals surface area (Å²) in [5.74, 6) is 0. The standard InChI is InChI=1S/C19H15N5O2/c25-24(26)18-9-8-17(19-16(18)7-4-11-20-19)21-13-14-10-12-23(22-14)15-5-2-1-3-6-15/h1-12,21H,13H2. The van der Waals surface area contributed by atoms with Crippen LogP contribution in [0.3, 0.4) is 0 Å². The maximum absolute atomic E-state index is 11.2. The first-order valence-electron chi connectivity index (χ1n) is 8.08. The second-order valence-electron chi connectivity index (χ2n) is 5.73. The van der Waals surface area contributed by atoms with Crippen LogP contribution in [0.1, 0.15) is 5.69 Å². The Hall–Kier alpha value is -3.74. The summed E-state index contributed by atoms with van der Waals surface area (Å²) in [6.07, 6.45) is 3.53. The molecular weight excluding hydrogens is 330 g/mol. The van der Waals surface area contributed by atoms with Gasteiger partial charge < -0.3 is 5.32 Å². The SMILES string of the molecule is O=[N+]([O-])c1ccc(NCc2ccn(-c3ccccc3)n2)c2ncccc12. The van der Waals surface area contributed by atoms with E-state index in [2.05, 4.69) is 15.4 Å². The molecule has 2 aromatic carbocycles. The molecule has 0 bridgehead atoms. The van der Waals surface area contributed by atoms with Gasteiger partial charge in [0.1, 0.15) is 5.52 Å². The maximum atomic E-state index is 11.2. The lowest BCUT2D eigenvalue weighted by molar-refractivity contribution is -0.383. The average Bonchev–Trinajstić information content (AvgIpc) is 3.15. The normalized spacial score (nSPS) is 10.8. The van der Waals surface area contributed by atoms with Gasteiger partial charge in [-0.1, -0.05) is 18.2 Å². The fourth-order valence-electron chi connectivity index (χ4n) is 2.83. The van der Waals surface area contributed by atoms with Crippen molar-refractivity contribution < 1.29 is 4.92 Å². The number of fused-ring (bicyclic) bond motifs is 1. The quantitative estimate of drug-likeness (QED) is 0.437. The zero-order valence-corrected chi connectivity index (χ0v) is 13.7. The molecule has 4 rings (SSSR count). The molecule has 0 atom stereocenters. The van der Waals surface area contributed by atoms with Gasteiger partial charge in [0.25, 0.3) is 5.69 Å². The highest BCUT2D eigenvalue weighted by molar-refractivity contribution is 5.96. The highest BCUT2D eigenvalue weighted by atomic mass is 16.6. The van der Waals surface area contributed by atoms with Crippen LogP contribution in [0.5, 0.6) is 0 Å². The molecule has 4 aromatic rings. The van der Waals surface area contributed by atoms with Crippen molar-refractivity contribution >= 4 is 22.3 Å². The number of nitro groups is 1. The lowest BCUT2D eigenvalue weighted by Gasteiger charge is -2.08. The minimum Gasteiger partial charge on any atom is -0.378 e. The van der Waals surface area contributed by atoms with Crippen LogP contribution in [0.15, 0.2) is 73.1 Å². The summed E-state index contributed by atoms with van der Waals surface area (Å²) in [6, 6.07) is 18.4. The molecule has 0 aliphatic heterocycles. The number of nitro benzene ring substituents is 1. The van der Waals surface area contributed by atoms with E-state index in [1.807, 2.05) is 47.3 Å². The van der Waals surface area contributed by atoms with Crippen LogP contribution >= 0.6 is 0 Å². The molecule has 0 saturated heterocycles. The van der Waals surface area contributed by atoms with Crippen LogP contribution in [-0.2, 0) is 6.54 Å². The molecule has 7 heteroatoms. The predicted octanol–water partition coefficient (Wildman–Crippen LogP) is 3.94. The molecule has 0 spiro atoms. The number of nitrogens with zero attached hydrogens (tertiary/aromatic N) is 4. The lowest BCUT2D eigenvalue weighted by atomic mass is 10.1. The first-order valence-corrected chi connectivity index (χ1v) is 8.08. The Morgan fingerprint density at radius 3 is 2.69 bits per heavy atom. The van der Waals surface area contributed by atoms with Gasteiger partial charge >= 0.3 is 0 Å². The first-order chi connectivity index (χ1) is 12.7. The highest BCUT2D eigenvalue weighted by Gasteiger charge is 2.14. The Kier molecular flexibility index (Phi) is 4.03. The molecule has 128 valence electrons. The summed E-state index contributed by atoms with van der Waals surface area (Å²) in [5.41, 5.74) is 3.20. The van der Waals surface area contributed by atoms with Crippen LogP contribution in [-0.4, -0.2) is 19.7 Å². The van der Waals surface area contributed by atoms with Gasteiger partial charge in [-0.25, -0.2) is 4.68 Å². The minimum atomic E-state index is -0.394. The van der Waals surface area contributed by atoms with E-state index in [9.17, 15) is 10.1 Å². The third-order valence-electron chi connectivity index (χ3n) is 4.07. The Morgan fingerprint density at radius 2 is 1.88 bits per heavy atom. The Balaban J connectivity index is 1.58. The van der Waals surface area contributed by atoms with Crippen LogP contribution < -0.4 is 5.32 Å². The van der Waals surface area contributed by atoms with Crippen LogP contribution in [0.2, 0.25) is 0 Å². The largest absolute Gasteiger partial charge is 0.378 e. The van der Waals surface area contributed by atoms with Gasteiger partial charge in [-0.3, -0.25) is 15.1 Å². The number of non-ortho nitro benzene ring substituents is 1. The minimum absolute atomic E-state index is 0.0482. The number of benzene rings is 2. The van der Waals surface area contributed by atoms with Gasteiger partial charge in [0.2, 0.25) is 0 Å². The van der Waals surface area contributed by atoms with Gasteiger partial charge in [-0.2, -0.15) is 5.10 Å². The summed E-state index contributed by atoms with van der Waals surface area (Å²) >= 11 is 0. The highest BCUT2D eigenvalue weighted by Crippen LogP contribution is 2.29. The summed E-state index contributed by atoms with van der Waals surface area (Å²) in [7, 11) is 0. The first kappa shape index (κ1) is 15.8. The van der Waals surface area contributed by atoms with Crippen molar-refractivity contribution in [3.05, 3.63) is 88.9 Å². The van der Waals surface area contributed by atoms with E-state index in [1.54, 1.807) is 24.4 Å². The fourth-order valence-corrected chi connectivity index (χ4v) is 2.83. The topological polar surface area (TPSA) is 85.9 Å². The molecular formula is C19H15N5O2. The van der Waals surface area contributed by atoms with Crippen molar-refractivity contribution in [3.63, 3.8) is 0 Å². The number of anilines is 1. The number of para-hydroxylation sites is 1. The maximum Gasteiger partial charge on any atom is 0.278 e. The van der Waals surface area contributed by atoms with E-state index < -0.39 is 4.92 Å². The molecule has 0 saturated carbocycles. The van der Waals surface area contributed by atoms with Crippen LogP contribution in [0.25, 0.3) is 16.6 Å². The Morgan fingerprint density at radius 1 is 1.04 bits per heavy atom. The van der Waals surface area contributed by atoms with E-state index in [0.29, 0.717) is 17.4 Å². The molecule has 0 aliphatic carbocycles. The van der Waals surface area contributed by atoms with Crippen molar-refractivity contribution in [1.29, 1.82) is 0 Å². The number of hydrogen-bond donors (Lipinski definition) is 1. The van der Waals surface area contributed by atoms with Gasteiger partial charge in [-0.05, 0) is 36.4 Å². The predicted molar refractivity (Wildman–Crippen MR) is 99.3 cm³/mol. The number of hydrogen-bond acceptors (Lipinski definition) is 5. The number of pyridine rings is 1. The molecule has 26 heavy (non-hydrogen) atoms. The van der Waals surface area contributed by atoms with Crippen LogP contribution in [0.4, 0.5) is 11.4 Å².